The summed E-state index contributed by atoms with van der Waals surface area (Å²) in [6, 6.07) is 10.3. The van der Waals surface area contributed by atoms with Gasteiger partial charge in [-0.15, -0.1) is 0 Å². The normalized spacial score (nSPS) is 37.6. The van der Waals surface area contributed by atoms with Crippen molar-refractivity contribution in [3.63, 3.8) is 0 Å². The van der Waals surface area contributed by atoms with E-state index in [9.17, 15) is 0 Å². The summed E-state index contributed by atoms with van der Waals surface area (Å²) in [5, 5.41) is 0. The van der Waals surface area contributed by atoms with Gasteiger partial charge in [0.15, 0.2) is 6.29 Å². The van der Waals surface area contributed by atoms with E-state index in [1.807, 2.05) is 18.2 Å². The van der Waals surface area contributed by atoms with E-state index in [0.29, 0.717) is 12.0 Å². The van der Waals surface area contributed by atoms with E-state index < -0.39 is 0 Å². The summed E-state index contributed by atoms with van der Waals surface area (Å²) in [5.74, 6) is 1.30. The van der Waals surface area contributed by atoms with Crippen LogP contribution in [0.15, 0.2) is 30.3 Å². The molecule has 0 bridgehead atoms. The second-order valence-corrected chi connectivity index (χ2v) is 6.66. The van der Waals surface area contributed by atoms with Crippen LogP contribution >= 0.6 is 0 Å². The van der Waals surface area contributed by atoms with Crippen LogP contribution in [0.2, 0.25) is 0 Å². The van der Waals surface area contributed by atoms with E-state index in [1.165, 1.54) is 19.3 Å². The quantitative estimate of drug-likeness (QED) is 0.749. The lowest BCUT2D eigenvalue weighted by molar-refractivity contribution is -0.314. The van der Waals surface area contributed by atoms with Gasteiger partial charge in [0.1, 0.15) is 0 Å². The van der Waals surface area contributed by atoms with Crippen LogP contribution in [-0.4, -0.2) is 11.7 Å². The number of benzene rings is 1. The van der Waals surface area contributed by atoms with Crippen LogP contribution in [0, 0.1) is 11.8 Å². The van der Waals surface area contributed by atoms with Gasteiger partial charge in [-0.05, 0) is 32.6 Å². The van der Waals surface area contributed by atoms with Gasteiger partial charge in [0, 0.05) is 11.5 Å². The highest BCUT2D eigenvalue weighted by Crippen LogP contribution is 2.46. The Hall–Kier alpha value is -0.860. The monoisotopic (exact) mass is 260 g/mol. The minimum absolute atomic E-state index is 0.0937. The van der Waals surface area contributed by atoms with Crippen molar-refractivity contribution in [2.24, 2.45) is 11.8 Å². The van der Waals surface area contributed by atoms with Gasteiger partial charge in [0.25, 0.3) is 0 Å². The molecule has 4 atom stereocenters. The predicted molar refractivity (Wildman–Crippen MR) is 75.7 cm³/mol. The molecule has 0 radical (unpaired) electrons. The lowest BCUT2D eigenvalue weighted by Crippen LogP contribution is -2.51. The summed E-state index contributed by atoms with van der Waals surface area (Å²) in [7, 11) is 0. The van der Waals surface area contributed by atoms with Gasteiger partial charge in [0.05, 0.1) is 11.7 Å². The van der Waals surface area contributed by atoms with Crippen molar-refractivity contribution in [2.45, 2.75) is 58.0 Å². The highest BCUT2D eigenvalue weighted by atomic mass is 16.7. The average molecular weight is 260 g/mol. The molecule has 1 aromatic carbocycles. The Kier molecular flexibility index (Phi) is 3.40. The molecular weight excluding hydrogens is 236 g/mol. The third-order valence-electron chi connectivity index (χ3n) is 4.73. The summed E-state index contributed by atoms with van der Waals surface area (Å²) in [5.41, 5.74) is 1.04. The first-order chi connectivity index (χ1) is 9.06. The molecule has 19 heavy (non-hydrogen) atoms. The molecule has 2 heteroatoms. The molecule has 3 rings (SSSR count). The molecule has 1 saturated heterocycles. The fraction of sp³-hybridized carbons (Fsp3) is 0.647. The molecule has 2 nitrogen and oxygen atoms in total. The zero-order chi connectivity index (χ0) is 13.5. The summed E-state index contributed by atoms with van der Waals surface area (Å²) in [6.45, 7) is 6.78. The number of hydrogen-bond acceptors (Lipinski definition) is 2. The van der Waals surface area contributed by atoms with Crippen LogP contribution in [0.25, 0.3) is 0 Å². The molecule has 0 N–H and O–H groups in total. The van der Waals surface area contributed by atoms with E-state index >= 15 is 0 Å². The van der Waals surface area contributed by atoms with Crippen LogP contribution in [-0.2, 0) is 9.47 Å². The molecule has 0 amide bonds. The summed E-state index contributed by atoms with van der Waals surface area (Å²) in [6.07, 6.45) is 3.83. The Labute approximate surface area is 116 Å². The number of fused-ring (bicyclic) bond motifs is 1. The molecule has 2 fully saturated rings. The lowest BCUT2D eigenvalue weighted by atomic mass is 9.72. The van der Waals surface area contributed by atoms with Gasteiger partial charge in [-0.2, -0.15) is 0 Å². The van der Waals surface area contributed by atoms with Crippen molar-refractivity contribution in [1.82, 2.24) is 0 Å². The van der Waals surface area contributed by atoms with Crippen molar-refractivity contribution in [1.29, 1.82) is 0 Å². The fourth-order valence-electron chi connectivity index (χ4n) is 3.58. The zero-order valence-corrected chi connectivity index (χ0v) is 12.1. The third-order valence-corrected chi connectivity index (χ3v) is 4.73. The van der Waals surface area contributed by atoms with Crippen molar-refractivity contribution >= 4 is 0 Å². The van der Waals surface area contributed by atoms with Crippen LogP contribution in [0.4, 0.5) is 0 Å². The Morgan fingerprint density at radius 1 is 1.11 bits per heavy atom. The van der Waals surface area contributed by atoms with Gasteiger partial charge in [0.2, 0.25) is 0 Å². The van der Waals surface area contributed by atoms with E-state index in [4.69, 9.17) is 9.47 Å². The Morgan fingerprint density at radius 3 is 2.58 bits per heavy atom. The molecule has 2 aliphatic rings. The van der Waals surface area contributed by atoms with Crippen molar-refractivity contribution in [2.75, 3.05) is 0 Å². The SMILES string of the molecule is CC1CCC2C(C1)OC(c1ccccc1)OC2(C)C. The number of ether oxygens (including phenoxy) is 2. The smallest absolute Gasteiger partial charge is 0.184 e. The molecule has 1 saturated carbocycles. The largest absolute Gasteiger partial charge is 0.345 e. The molecule has 1 aromatic rings. The Balaban J connectivity index is 1.83. The zero-order valence-electron chi connectivity index (χ0n) is 12.1. The highest BCUT2D eigenvalue weighted by molar-refractivity contribution is 5.17. The molecule has 0 spiro atoms. The number of hydrogen-bond donors (Lipinski definition) is 0. The first kappa shape index (κ1) is 13.1. The second-order valence-electron chi connectivity index (χ2n) is 6.66. The molecule has 1 aliphatic heterocycles. The predicted octanol–water partition coefficient (Wildman–Crippen LogP) is 4.32. The van der Waals surface area contributed by atoms with Crippen molar-refractivity contribution in [3.8, 4) is 0 Å². The Morgan fingerprint density at radius 2 is 1.84 bits per heavy atom. The topological polar surface area (TPSA) is 18.5 Å². The van der Waals surface area contributed by atoms with E-state index in [0.717, 1.165) is 11.5 Å². The van der Waals surface area contributed by atoms with Gasteiger partial charge in [-0.25, -0.2) is 0 Å². The van der Waals surface area contributed by atoms with Crippen molar-refractivity contribution in [3.05, 3.63) is 35.9 Å². The standard InChI is InChI=1S/C17H24O2/c1-12-9-10-14-15(11-12)18-16(19-17(14,2)3)13-7-5-4-6-8-13/h4-8,12,14-16H,9-11H2,1-3H3. The molecule has 104 valence electrons. The Bertz CT molecular complexity index is 426. The molecule has 4 unspecified atom stereocenters. The maximum atomic E-state index is 6.26. The first-order valence-electron chi connectivity index (χ1n) is 7.44. The first-order valence-corrected chi connectivity index (χ1v) is 7.44. The molecule has 1 aliphatic carbocycles. The summed E-state index contributed by atoms with van der Waals surface area (Å²) in [4.78, 5) is 0. The summed E-state index contributed by atoms with van der Waals surface area (Å²) >= 11 is 0. The van der Waals surface area contributed by atoms with Gasteiger partial charge < -0.3 is 9.47 Å². The van der Waals surface area contributed by atoms with E-state index in [1.54, 1.807) is 0 Å². The maximum absolute atomic E-state index is 6.26. The van der Waals surface area contributed by atoms with Crippen molar-refractivity contribution < 1.29 is 9.47 Å². The van der Waals surface area contributed by atoms with Crippen LogP contribution in [0.3, 0.4) is 0 Å². The van der Waals surface area contributed by atoms with E-state index in [2.05, 4.69) is 32.9 Å². The third kappa shape index (κ3) is 2.56. The maximum Gasteiger partial charge on any atom is 0.184 e. The fourth-order valence-corrected chi connectivity index (χ4v) is 3.58. The minimum atomic E-state index is -0.206. The average Bonchev–Trinajstić information content (AvgIpc) is 2.38. The van der Waals surface area contributed by atoms with E-state index in [-0.39, 0.29) is 11.9 Å². The molecule has 0 aromatic heterocycles. The molecular formula is C17H24O2. The van der Waals surface area contributed by atoms with Gasteiger partial charge in [-0.1, -0.05) is 43.7 Å². The van der Waals surface area contributed by atoms with Crippen LogP contribution in [0.1, 0.15) is 51.9 Å². The highest BCUT2D eigenvalue weighted by Gasteiger charge is 2.47. The van der Waals surface area contributed by atoms with Gasteiger partial charge in [-0.3, -0.25) is 0 Å². The minimum Gasteiger partial charge on any atom is -0.345 e. The molecule has 1 heterocycles. The number of rotatable bonds is 1. The second kappa shape index (κ2) is 4.92. The summed E-state index contributed by atoms with van der Waals surface area (Å²) < 4.78 is 12.5. The van der Waals surface area contributed by atoms with Crippen LogP contribution < -0.4 is 0 Å². The van der Waals surface area contributed by atoms with Gasteiger partial charge >= 0.3 is 0 Å². The lowest BCUT2D eigenvalue weighted by Gasteiger charge is -2.50. The van der Waals surface area contributed by atoms with Crippen LogP contribution in [0.5, 0.6) is 0 Å².